The lowest BCUT2D eigenvalue weighted by atomic mass is 10.1. The number of nitrogens with zero attached hydrogens (tertiary/aromatic N) is 1. The molecular weight excluding hydrogens is 305 g/mol. The van der Waals surface area contributed by atoms with Gasteiger partial charge in [-0.05, 0) is 34.1 Å². The molecule has 0 spiro atoms. The average Bonchev–Trinajstić information content (AvgIpc) is 2.70. The first-order valence-corrected chi connectivity index (χ1v) is 6.11. The van der Waals surface area contributed by atoms with Crippen LogP contribution in [0.5, 0.6) is 5.75 Å². The second kappa shape index (κ2) is 5.08. The molecule has 90 valence electrons. The van der Waals surface area contributed by atoms with Gasteiger partial charge >= 0.3 is 0 Å². The number of H-pyrrole nitrogens is 1. The van der Waals surface area contributed by atoms with Crippen LogP contribution in [0.2, 0.25) is 5.02 Å². The molecule has 0 aliphatic rings. The Morgan fingerprint density at radius 2 is 2.29 bits per heavy atom. The maximum atomic E-state index is 6.07. The van der Waals surface area contributed by atoms with Crippen LogP contribution in [0.3, 0.4) is 0 Å². The number of benzene rings is 1. The van der Waals surface area contributed by atoms with E-state index in [1.165, 1.54) is 0 Å². The number of aromatic nitrogens is 2. The summed E-state index contributed by atoms with van der Waals surface area (Å²) in [4.78, 5) is 0. The molecular formula is C11H11BrClN3O. The summed E-state index contributed by atoms with van der Waals surface area (Å²) in [5, 5.41) is 7.63. The third-order valence-corrected chi connectivity index (χ3v) is 3.55. The van der Waals surface area contributed by atoms with Crippen LogP contribution in [-0.2, 0) is 6.54 Å². The predicted molar refractivity (Wildman–Crippen MR) is 71.2 cm³/mol. The predicted octanol–water partition coefficient (Wildman–Crippen LogP) is 2.96. The highest BCUT2D eigenvalue weighted by Crippen LogP contribution is 2.33. The second-order valence-corrected chi connectivity index (χ2v) is 4.62. The summed E-state index contributed by atoms with van der Waals surface area (Å²) in [6, 6.07) is 5.51. The van der Waals surface area contributed by atoms with Crippen LogP contribution in [0.4, 0.5) is 0 Å². The summed E-state index contributed by atoms with van der Waals surface area (Å²) < 4.78 is 5.96. The number of methoxy groups -OCH3 is 1. The number of halogens is 2. The van der Waals surface area contributed by atoms with Gasteiger partial charge in [-0.25, -0.2) is 0 Å². The summed E-state index contributed by atoms with van der Waals surface area (Å²) in [5.41, 5.74) is 8.11. The van der Waals surface area contributed by atoms with E-state index in [1.807, 2.05) is 12.1 Å². The average molecular weight is 317 g/mol. The molecule has 3 N–H and O–H groups in total. The molecule has 1 heterocycles. The fourth-order valence-corrected chi connectivity index (χ4v) is 2.33. The van der Waals surface area contributed by atoms with Gasteiger partial charge in [0.1, 0.15) is 11.4 Å². The van der Waals surface area contributed by atoms with Crippen molar-refractivity contribution in [3.63, 3.8) is 0 Å². The van der Waals surface area contributed by atoms with E-state index in [0.717, 1.165) is 21.4 Å². The third-order valence-electron chi connectivity index (χ3n) is 2.40. The topological polar surface area (TPSA) is 63.9 Å². The maximum Gasteiger partial charge on any atom is 0.137 e. The molecule has 4 nitrogen and oxygen atoms in total. The summed E-state index contributed by atoms with van der Waals surface area (Å²) in [7, 11) is 1.58. The monoisotopic (exact) mass is 315 g/mol. The van der Waals surface area contributed by atoms with Crippen LogP contribution in [0.25, 0.3) is 11.3 Å². The second-order valence-electron chi connectivity index (χ2n) is 3.42. The summed E-state index contributed by atoms with van der Waals surface area (Å²) in [5.74, 6) is 0.640. The van der Waals surface area contributed by atoms with Crippen LogP contribution in [-0.4, -0.2) is 17.3 Å². The van der Waals surface area contributed by atoms with Crippen molar-refractivity contribution in [3.05, 3.63) is 33.4 Å². The van der Waals surface area contributed by atoms with Gasteiger partial charge in [0.15, 0.2) is 0 Å². The molecule has 0 atom stereocenters. The van der Waals surface area contributed by atoms with Crippen LogP contribution in [0.15, 0.2) is 22.7 Å². The van der Waals surface area contributed by atoms with E-state index >= 15 is 0 Å². The first kappa shape index (κ1) is 12.4. The van der Waals surface area contributed by atoms with E-state index in [1.54, 1.807) is 13.2 Å². The normalized spacial score (nSPS) is 10.6. The summed E-state index contributed by atoms with van der Waals surface area (Å²) in [6.45, 7) is 0.400. The zero-order valence-electron chi connectivity index (χ0n) is 9.13. The van der Waals surface area contributed by atoms with Crippen molar-refractivity contribution in [1.29, 1.82) is 0 Å². The molecule has 0 saturated heterocycles. The van der Waals surface area contributed by atoms with Crippen molar-refractivity contribution in [3.8, 4) is 17.0 Å². The molecule has 0 unspecified atom stereocenters. The van der Waals surface area contributed by atoms with Crippen molar-refractivity contribution in [1.82, 2.24) is 10.2 Å². The van der Waals surface area contributed by atoms with Gasteiger partial charge in [0.2, 0.25) is 0 Å². The van der Waals surface area contributed by atoms with Gasteiger partial charge in [0, 0.05) is 12.1 Å². The molecule has 0 bridgehead atoms. The standard InChI is InChI=1S/C11H11BrClN3O/c1-17-9-3-2-6(4-7(9)13)11-10(12)8(5-14)15-16-11/h2-4H,5,14H2,1H3,(H,15,16). The molecule has 1 aromatic heterocycles. The zero-order valence-corrected chi connectivity index (χ0v) is 11.5. The number of nitrogens with one attached hydrogen (secondary N) is 1. The molecule has 0 saturated carbocycles. The van der Waals surface area contributed by atoms with Crippen LogP contribution < -0.4 is 10.5 Å². The van der Waals surface area contributed by atoms with Crippen LogP contribution in [0, 0.1) is 0 Å². The number of nitrogens with two attached hydrogens (primary N) is 1. The van der Waals surface area contributed by atoms with E-state index in [0.29, 0.717) is 17.3 Å². The molecule has 0 amide bonds. The Bertz CT molecular complexity index is 542. The molecule has 1 aromatic carbocycles. The van der Waals surface area contributed by atoms with Crippen molar-refractivity contribution in [2.45, 2.75) is 6.54 Å². The molecule has 0 radical (unpaired) electrons. The smallest absolute Gasteiger partial charge is 0.137 e. The first-order valence-electron chi connectivity index (χ1n) is 4.94. The highest BCUT2D eigenvalue weighted by molar-refractivity contribution is 9.10. The van der Waals surface area contributed by atoms with Gasteiger partial charge in [0.05, 0.1) is 22.3 Å². The lowest BCUT2D eigenvalue weighted by Gasteiger charge is -2.04. The van der Waals surface area contributed by atoms with Crippen LogP contribution >= 0.6 is 27.5 Å². The minimum Gasteiger partial charge on any atom is -0.495 e. The molecule has 6 heteroatoms. The number of aromatic amines is 1. The SMILES string of the molecule is COc1ccc(-c2n[nH]c(CN)c2Br)cc1Cl. The highest BCUT2D eigenvalue weighted by Gasteiger charge is 2.12. The van der Waals surface area contributed by atoms with Gasteiger partial charge in [-0.3, -0.25) is 5.10 Å². The zero-order chi connectivity index (χ0) is 12.4. The number of ether oxygens (including phenoxy) is 1. The third kappa shape index (κ3) is 2.31. The summed E-state index contributed by atoms with van der Waals surface area (Å²) >= 11 is 9.53. The molecule has 17 heavy (non-hydrogen) atoms. The molecule has 2 aromatic rings. The Kier molecular flexibility index (Phi) is 3.71. The minimum absolute atomic E-state index is 0.400. The quantitative estimate of drug-likeness (QED) is 0.915. The Morgan fingerprint density at radius 3 is 2.82 bits per heavy atom. The van der Waals surface area contributed by atoms with E-state index in [2.05, 4.69) is 26.1 Å². The molecule has 2 rings (SSSR count). The van der Waals surface area contributed by atoms with Gasteiger partial charge in [-0.2, -0.15) is 5.10 Å². The Morgan fingerprint density at radius 1 is 1.53 bits per heavy atom. The Labute approximate surface area is 112 Å². The number of rotatable bonds is 3. The molecule has 0 aliphatic heterocycles. The van der Waals surface area contributed by atoms with Crippen molar-refractivity contribution in [2.75, 3.05) is 7.11 Å². The lowest BCUT2D eigenvalue weighted by molar-refractivity contribution is 0.415. The van der Waals surface area contributed by atoms with E-state index in [-0.39, 0.29) is 0 Å². The minimum atomic E-state index is 0.400. The van der Waals surface area contributed by atoms with Gasteiger partial charge in [-0.1, -0.05) is 11.6 Å². The van der Waals surface area contributed by atoms with Gasteiger partial charge in [0.25, 0.3) is 0 Å². The fraction of sp³-hybridized carbons (Fsp3) is 0.182. The number of hydrogen-bond donors (Lipinski definition) is 2. The van der Waals surface area contributed by atoms with Gasteiger partial charge < -0.3 is 10.5 Å². The maximum absolute atomic E-state index is 6.07. The Balaban J connectivity index is 2.46. The van der Waals surface area contributed by atoms with Crippen molar-refractivity contribution < 1.29 is 4.74 Å². The highest BCUT2D eigenvalue weighted by atomic mass is 79.9. The lowest BCUT2D eigenvalue weighted by Crippen LogP contribution is -1.96. The number of hydrogen-bond acceptors (Lipinski definition) is 3. The Hall–Kier alpha value is -1.04. The summed E-state index contributed by atoms with van der Waals surface area (Å²) in [6.07, 6.45) is 0. The molecule has 0 fully saturated rings. The van der Waals surface area contributed by atoms with E-state index in [4.69, 9.17) is 22.1 Å². The van der Waals surface area contributed by atoms with Crippen LogP contribution in [0.1, 0.15) is 5.69 Å². The van der Waals surface area contributed by atoms with Gasteiger partial charge in [-0.15, -0.1) is 0 Å². The first-order chi connectivity index (χ1) is 8.17. The molecule has 0 aliphatic carbocycles. The van der Waals surface area contributed by atoms with E-state index < -0.39 is 0 Å². The van der Waals surface area contributed by atoms with Crippen molar-refractivity contribution >= 4 is 27.5 Å². The van der Waals surface area contributed by atoms with E-state index in [9.17, 15) is 0 Å². The largest absolute Gasteiger partial charge is 0.495 e. The van der Waals surface area contributed by atoms with Crippen molar-refractivity contribution in [2.24, 2.45) is 5.73 Å². The fourth-order valence-electron chi connectivity index (χ4n) is 1.50.